The van der Waals surface area contributed by atoms with Gasteiger partial charge >= 0.3 is 0 Å². The summed E-state index contributed by atoms with van der Waals surface area (Å²) < 4.78 is 0. The Morgan fingerprint density at radius 1 is 1.52 bits per heavy atom. The van der Waals surface area contributed by atoms with Crippen LogP contribution in [0.2, 0.25) is 0 Å². The fourth-order valence-corrected chi connectivity index (χ4v) is 3.30. The Bertz CT molecular complexity index is 466. The Morgan fingerprint density at radius 2 is 2.14 bits per heavy atom. The standard InChI is InChI=1S/C19H30O2/c1-13(2)8-7-9-15(5)17-10-18(20)16(6)12-19(17,21)11-14(3)4/h8,12,15,17,21H,3,7,9-11H2,1-2,4-6H3/t15-,17?,19?/m1/s1. The molecule has 2 heteroatoms. The van der Waals surface area contributed by atoms with Gasteiger partial charge < -0.3 is 5.11 Å². The molecular formula is C19H30O2. The third kappa shape index (κ3) is 4.96. The van der Waals surface area contributed by atoms with Gasteiger partial charge in [-0.05, 0) is 58.1 Å². The van der Waals surface area contributed by atoms with E-state index in [1.165, 1.54) is 5.57 Å². The topological polar surface area (TPSA) is 37.3 Å². The van der Waals surface area contributed by atoms with Crippen LogP contribution in [0.15, 0.2) is 35.5 Å². The summed E-state index contributed by atoms with van der Waals surface area (Å²) >= 11 is 0. The zero-order valence-corrected chi connectivity index (χ0v) is 14.2. The van der Waals surface area contributed by atoms with Crippen molar-refractivity contribution in [3.8, 4) is 0 Å². The summed E-state index contributed by atoms with van der Waals surface area (Å²) in [5, 5.41) is 11.1. The Hall–Kier alpha value is -1.15. The highest BCUT2D eigenvalue weighted by Crippen LogP contribution is 2.40. The highest BCUT2D eigenvalue weighted by atomic mass is 16.3. The molecule has 0 bridgehead atoms. The van der Waals surface area contributed by atoms with E-state index in [2.05, 4.69) is 33.4 Å². The van der Waals surface area contributed by atoms with Gasteiger partial charge in [-0.1, -0.05) is 24.1 Å². The molecule has 0 aromatic carbocycles. The lowest BCUT2D eigenvalue weighted by molar-refractivity contribution is -0.121. The summed E-state index contributed by atoms with van der Waals surface area (Å²) in [6.45, 7) is 14.0. The number of hydrogen-bond acceptors (Lipinski definition) is 2. The molecule has 0 saturated heterocycles. The van der Waals surface area contributed by atoms with Gasteiger partial charge in [-0.2, -0.15) is 0 Å². The largest absolute Gasteiger partial charge is 0.385 e. The maximum absolute atomic E-state index is 12.1. The van der Waals surface area contributed by atoms with Gasteiger partial charge in [0.05, 0.1) is 5.60 Å². The van der Waals surface area contributed by atoms with Gasteiger partial charge in [-0.15, -0.1) is 6.58 Å². The van der Waals surface area contributed by atoms with Crippen LogP contribution in [0.3, 0.4) is 0 Å². The number of allylic oxidation sites excluding steroid dienone is 3. The quantitative estimate of drug-likeness (QED) is 0.726. The number of carbonyl (C=O) groups excluding carboxylic acids is 1. The summed E-state index contributed by atoms with van der Waals surface area (Å²) in [5.41, 5.74) is 2.03. The molecule has 0 aromatic rings. The van der Waals surface area contributed by atoms with Crippen LogP contribution in [0.5, 0.6) is 0 Å². The second-order valence-electron chi connectivity index (χ2n) is 7.02. The molecule has 21 heavy (non-hydrogen) atoms. The molecule has 0 aromatic heterocycles. The lowest BCUT2D eigenvalue weighted by Crippen LogP contribution is -2.44. The zero-order chi connectivity index (χ0) is 16.2. The van der Waals surface area contributed by atoms with Crippen molar-refractivity contribution in [3.63, 3.8) is 0 Å². The maximum Gasteiger partial charge on any atom is 0.158 e. The van der Waals surface area contributed by atoms with Crippen LogP contribution in [-0.4, -0.2) is 16.5 Å². The molecule has 1 rings (SSSR count). The van der Waals surface area contributed by atoms with E-state index in [4.69, 9.17) is 0 Å². The molecule has 118 valence electrons. The van der Waals surface area contributed by atoms with Gasteiger partial charge in [0.1, 0.15) is 0 Å². The molecular weight excluding hydrogens is 260 g/mol. The number of ketones is 1. The molecule has 1 N–H and O–H groups in total. The van der Waals surface area contributed by atoms with Gasteiger partial charge in [0, 0.05) is 18.8 Å². The first-order chi connectivity index (χ1) is 9.65. The van der Waals surface area contributed by atoms with Crippen molar-refractivity contribution >= 4 is 5.78 Å². The van der Waals surface area contributed by atoms with Crippen molar-refractivity contribution < 1.29 is 9.90 Å². The molecule has 0 heterocycles. The highest BCUT2D eigenvalue weighted by molar-refractivity contribution is 5.96. The monoisotopic (exact) mass is 290 g/mol. The minimum Gasteiger partial charge on any atom is -0.385 e. The maximum atomic E-state index is 12.1. The van der Waals surface area contributed by atoms with Crippen molar-refractivity contribution in [2.24, 2.45) is 11.8 Å². The van der Waals surface area contributed by atoms with Crippen LogP contribution in [0.4, 0.5) is 0 Å². The van der Waals surface area contributed by atoms with E-state index in [9.17, 15) is 9.90 Å². The van der Waals surface area contributed by atoms with Crippen LogP contribution >= 0.6 is 0 Å². The Morgan fingerprint density at radius 3 is 2.67 bits per heavy atom. The normalized spacial score (nSPS) is 27.0. The minimum atomic E-state index is -0.922. The van der Waals surface area contributed by atoms with Crippen LogP contribution in [-0.2, 0) is 4.79 Å². The average molecular weight is 290 g/mol. The first kappa shape index (κ1) is 17.9. The van der Waals surface area contributed by atoms with Crippen LogP contribution < -0.4 is 0 Å². The van der Waals surface area contributed by atoms with E-state index in [1.807, 2.05) is 6.92 Å². The molecule has 3 atom stereocenters. The second kappa shape index (κ2) is 7.22. The van der Waals surface area contributed by atoms with Gasteiger partial charge in [-0.3, -0.25) is 4.79 Å². The lowest BCUT2D eigenvalue weighted by atomic mass is 9.67. The molecule has 2 unspecified atom stereocenters. The molecule has 0 aliphatic heterocycles. The van der Waals surface area contributed by atoms with Gasteiger partial charge in [-0.25, -0.2) is 0 Å². The van der Waals surface area contributed by atoms with E-state index in [0.29, 0.717) is 24.3 Å². The molecule has 1 aliphatic rings. The first-order valence-corrected chi connectivity index (χ1v) is 7.88. The molecule has 0 saturated carbocycles. The number of Topliss-reactive ketones (excluding diaryl/α,β-unsaturated/α-hetero) is 1. The summed E-state index contributed by atoms with van der Waals surface area (Å²) in [6, 6.07) is 0. The fraction of sp³-hybridized carbons (Fsp3) is 0.632. The first-order valence-electron chi connectivity index (χ1n) is 7.88. The van der Waals surface area contributed by atoms with Crippen molar-refractivity contribution in [1.29, 1.82) is 0 Å². The van der Waals surface area contributed by atoms with Gasteiger partial charge in [0.15, 0.2) is 5.78 Å². The smallest absolute Gasteiger partial charge is 0.158 e. The summed E-state index contributed by atoms with van der Waals surface area (Å²) in [7, 11) is 0. The van der Waals surface area contributed by atoms with E-state index in [-0.39, 0.29) is 11.7 Å². The molecule has 0 amide bonds. The van der Waals surface area contributed by atoms with E-state index >= 15 is 0 Å². The highest BCUT2D eigenvalue weighted by Gasteiger charge is 2.42. The Labute approximate surface area is 129 Å². The lowest BCUT2D eigenvalue weighted by Gasteiger charge is -2.41. The van der Waals surface area contributed by atoms with Crippen molar-refractivity contribution in [3.05, 3.63) is 35.5 Å². The van der Waals surface area contributed by atoms with Gasteiger partial charge in [0.25, 0.3) is 0 Å². The third-order valence-electron chi connectivity index (χ3n) is 4.40. The third-order valence-corrected chi connectivity index (χ3v) is 4.40. The van der Waals surface area contributed by atoms with Crippen molar-refractivity contribution in [1.82, 2.24) is 0 Å². The summed E-state index contributed by atoms with van der Waals surface area (Å²) in [5.74, 6) is 0.453. The van der Waals surface area contributed by atoms with Crippen LogP contribution in [0.1, 0.15) is 60.3 Å². The Kier molecular flexibility index (Phi) is 6.15. The van der Waals surface area contributed by atoms with Gasteiger partial charge in [0.2, 0.25) is 0 Å². The fourth-order valence-electron chi connectivity index (χ4n) is 3.30. The molecule has 1 aliphatic carbocycles. The van der Waals surface area contributed by atoms with Crippen molar-refractivity contribution in [2.75, 3.05) is 0 Å². The van der Waals surface area contributed by atoms with E-state index in [0.717, 1.165) is 18.4 Å². The Balaban J connectivity index is 2.92. The predicted molar refractivity (Wildman–Crippen MR) is 89.1 cm³/mol. The summed E-state index contributed by atoms with van der Waals surface area (Å²) in [6.07, 6.45) is 6.97. The molecule has 0 spiro atoms. The molecule has 0 fully saturated rings. The number of aliphatic hydroxyl groups is 1. The number of hydrogen-bond donors (Lipinski definition) is 1. The average Bonchev–Trinajstić information content (AvgIpc) is 2.32. The molecule has 0 radical (unpaired) electrons. The van der Waals surface area contributed by atoms with Crippen LogP contribution in [0, 0.1) is 11.8 Å². The van der Waals surface area contributed by atoms with E-state index in [1.54, 1.807) is 13.0 Å². The van der Waals surface area contributed by atoms with Crippen molar-refractivity contribution in [2.45, 2.75) is 65.9 Å². The minimum absolute atomic E-state index is 0.0176. The number of rotatable bonds is 6. The van der Waals surface area contributed by atoms with Crippen LogP contribution in [0.25, 0.3) is 0 Å². The predicted octanol–water partition coefficient (Wildman–Crippen LogP) is 4.60. The molecule has 2 nitrogen and oxygen atoms in total. The zero-order valence-electron chi connectivity index (χ0n) is 14.2. The number of carbonyl (C=O) groups is 1. The summed E-state index contributed by atoms with van der Waals surface area (Å²) in [4.78, 5) is 12.1. The second-order valence-corrected chi connectivity index (χ2v) is 7.02. The van der Waals surface area contributed by atoms with E-state index < -0.39 is 5.60 Å². The SMILES string of the molecule is C=C(C)CC1(O)C=C(C)C(=O)CC1[C@H](C)CCC=C(C)C.